The number of rotatable bonds is 3. The predicted molar refractivity (Wildman–Crippen MR) is 55.1 cm³/mol. The van der Waals surface area contributed by atoms with Crippen LogP contribution in [0.4, 0.5) is 5.69 Å². The number of hydrogen-bond acceptors (Lipinski definition) is 5. The molecule has 2 aromatic heterocycles. The summed E-state index contributed by atoms with van der Waals surface area (Å²) in [7, 11) is 0. The van der Waals surface area contributed by atoms with Crippen LogP contribution in [0.15, 0.2) is 18.6 Å². The highest BCUT2D eigenvalue weighted by molar-refractivity contribution is 7.15. The van der Waals surface area contributed by atoms with Crippen LogP contribution in [0.3, 0.4) is 0 Å². The minimum atomic E-state index is -0.483. The Hall–Kier alpha value is -1.47. The van der Waals surface area contributed by atoms with E-state index in [0.717, 1.165) is 4.88 Å². The molecule has 78 valence electrons. The number of halogens is 1. The highest BCUT2D eigenvalue weighted by Crippen LogP contribution is 2.19. The minimum Gasteiger partial charge on any atom is -0.260 e. The van der Waals surface area contributed by atoms with Crippen molar-refractivity contribution in [3.8, 4) is 0 Å². The van der Waals surface area contributed by atoms with E-state index in [1.165, 1.54) is 28.4 Å². The van der Waals surface area contributed by atoms with Crippen LogP contribution in [-0.2, 0) is 6.54 Å². The zero-order valence-corrected chi connectivity index (χ0v) is 8.90. The van der Waals surface area contributed by atoms with Crippen molar-refractivity contribution in [1.29, 1.82) is 0 Å². The standard InChI is InChI=1S/C7H5ClN4O2S/c8-7-9-2-6(15-7)4-11-3-5(1-10-11)12(13)14/h1-3H,4H2. The average Bonchev–Trinajstić information content (AvgIpc) is 2.76. The Morgan fingerprint density at radius 1 is 1.60 bits per heavy atom. The molecule has 2 aromatic rings. The van der Waals surface area contributed by atoms with Gasteiger partial charge in [0.2, 0.25) is 0 Å². The van der Waals surface area contributed by atoms with Crippen LogP contribution in [0, 0.1) is 10.1 Å². The van der Waals surface area contributed by atoms with Gasteiger partial charge in [-0.3, -0.25) is 14.8 Å². The summed E-state index contributed by atoms with van der Waals surface area (Å²) in [4.78, 5) is 14.7. The zero-order valence-electron chi connectivity index (χ0n) is 7.33. The van der Waals surface area contributed by atoms with E-state index in [9.17, 15) is 10.1 Å². The monoisotopic (exact) mass is 244 g/mol. The van der Waals surface area contributed by atoms with Gasteiger partial charge in [0.05, 0.1) is 11.5 Å². The summed E-state index contributed by atoms with van der Waals surface area (Å²) in [5.41, 5.74) is -0.0226. The van der Waals surface area contributed by atoms with Gasteiger partial charge >= 0.3 is 5.69 Å². The molecular formula is C7H5ClN4O2S. The van der Waals surface area contributed by atoms with Gasteiger partial charge in [-0.2, -0.15) is 5.10 Å². The first kappa shape index (κ1) is 10.1. The summed E-state index contributed by atoms with van der Waals surface area (Å²) in [5, 5.41) is 14.2. The summed E-state index contributed by atoms with van der Waals surface area (Å²) in [6.45, 7) is 0.443. The highest BCUT2D eigenvalue weighted by atomic mass is 35.5. The lowest BCUT2D eigenvalue weighted by Crippen LogP contribution is -1.97. The fraction of sp³-hybridized carbons (Fsp3) is 0.143. The normalized spacial score (nSPS) is 10.5. The summed E-state index contributed by atoms with van der Waals surface area (Å²) in [6.07, 6.45) is 4.21. The van der Waals surface area contributed by atoms with E-state index in [1.54, 1.807) is 6.20 Å². The number of aromatic nitrogens is 3. The van der Waals surface area contributed by atoms with Crippen molar-refractivity contribution in [1.82, 2.24) is 14.8 Å². The van der Waals surface area contributed by atoms with Gasteiger partial charge in [0.15, 0.2) is 4.47 Å². The maximum atomic E-state index is 10.4. The van der Waals surface area contributed by atoms with E-state index in [2.05, 4.69) is 10.1 Å². The van der Waals surface area contributed by atoms with Gasteiger partial charge in [-0.25, -0.2) is 4.98 Å². The molecule has 0 bridgehead atoms. The first-order chi connectivity index (χ1) is 7.15. The number of hydrogen-bond donors (Lipinski definition) is 0. The van der Waals surface area contributed by atoms with Gasteiger partial charge in [0.25, 0.3) is 0 Å². The summed E-state index contributed by atoms with van der Waals surface area (Å²) < 4.78 is 1.92. The lowest BCUT2D eigenvalue weighted by atomic mass is 10.5. The third-order valence-corrected chi connectivity index (χ3v) is 2.77. The van der Waals surface area contributed by atoms with Crippen molar-refractivity contribution in [2.45, 2.75) is 6.54 Å². The number of nitrogens with zero attached hydrogens (tertiary/aromatic N) is 4. The molecule has 0 aliphatic carbocycles. The molecule has 0 aliphatic rings. The molecule has 6 nitrogen and oxygen atoms in total. The van der Waals surface area contributed by atoms with Crippen LogP contribution in [0.5, 0.6) is 0 Å². The molecular weight excluding hydrogens is 240 g/mol. The number of nitro groups is 1. The van der Waals surface area contributed by atoms with Crippen LogP contribution in [-0.4, -0.2) is 19.7 Å². The quantitative estimate of drug-likeness (QED) is 0.611. The van der Waals surface area contributed by atoms with Crippen molar-refractivity contribution in [3.05, 3.63) is 38.0 Å². The van der Waals surface area contributed by atoms with Gasteiger partial charge in [0, 0.05) is 11.1 Å². The average molecular weight is 245 g/mol. The van der Waals surface area contributed by atoms with Crippen molar-refractivity contribution >= 4 is 28.6 Å². The fourth-order valence-corrected chi connectivity index (χ4v) is 2.02. The first-order valence-electron chi connectivity index (χ1n) is 3.92. The van der Waals surface area contributed by atoms with E-state index in [0.29, 0.717) is 11.0 Å². The minimum absolute atomic E-state index is 0.0226. The molecule has 0 saturated carbocycles. The van der Waals surface area contributed by atoms with Crippen LogP contribution in [0.2, 0.25) is 4.47 Å². The summed E-state index contributed by atoms with van der Waals surface area (Å²) in [5.74, 6) is 0. The molecule has 0 aromatic carbocycles. The van der Waals surface area contributed by atoms with Crippen molar-refractivity contribution in [3.63, 3.8) is 0 Å². The molecule has 0 amide bonds. The molecule has 2 heterocycles. The SMILES string of the molecule is O=[N+]([O-])c1cnn(Cc2cnc(Cl)s2)c1. The summed E-state index contributed by atoms with van der Waals surface area (Å²) >= 11 is 6.98. The maximum Gasteiger partial charge on any atom is 0.307 e. The van der Waals surface area contributed by atoms with Gasteiger partial charge in [0.1, 0.15) is 12.4 Å². The van der Waals surface area contributed by atoms with E-state index in [4.69, 9.17) is 11.6 Å². The van der Waals surface area contributed by atoms with Crippen LogP contribution < -0.4 is 0 Å². The molecule has 0 unspecified atom stereocenters. The van der Waals surface area contributed by atoms with Crippen molar-refractivity contribution < 1.29 is 4.92 Å². The Bertz CT molecular complexity index is 495. The van der Waals surface area contributed by atoms with Crippen LogP contribution >= 0.6 is 22.9 Å². The van der Waals surface area contributed by atoms with Crippen molar-refractivity contribution in [2.75, 3.05) is 0 Å². The lowest BCUT2D eigenvalue weighted by molar-refractivity contribution is -0.385. The van der Waals surface area contributed by atoms with Crippen LogP contribution in [0.1, 0.15) is 4.88 Å². The Morgan fingerprint density at radius 2 is 2.40 bits per heavy atom. The van der Waals surface area contributed by atoms with Gasteiger partial charge in [-0.1, -0.05) is 11.6 Å². The second-order valence-electron chi connectivity index (χ2n) is 2.73. The van der Waals surface area contributed by atoms with Gasteiger partial charge < -0.3 is 0 Å². The molecule has 0 fully saturated rings. The highest BCUT2D eigenvalue weighted by Gasteiger charge is 2.09. The zero-order chi connectivity index (χ0) is 10.8. The fourth-order valence-electron chi connectivity index (χ4n) is 1.05. The lowest BCUT2D eigenvalue weighted by Gasteiger charge is -1.94. The van der Waals surface area contributed by atoms with Gasteiger partial charge in [-0.05, 0) is 0 Å². The Morgan fingerprint density at radius 3 is 2.93 bits per heavy atom. The van der Waals surface area contributed by atoms with E-state index in [1.807, 2.05) is 0 Å². The molecule has 0 radical (unpaired) electrons. The molecule has 15 heavy (non-hydrogen) atoms. The molecule has 2 rings (SSSR count). The largest absolute Gasteiger partial charge is 0.307 e. The van der Waals surface area contributed by atoms with Crippen LogP contribution in [0.25, 0.3) is 0 Å². The maximum absolute atomic E-state index is 10.4. The Kier molecular flexibility index (Phi) is 2.65. The van der Waals surface area contributed by atoms with E-state index < -0.39 is 4.92 Å². The van der Waals surface area contributed by atoms with Gasteiger partial charge in [-0.15, -0.1) is 11.3 Å². The third-order valence-electron chi connectivity index (χ3n) is 1.67. The Labute approximate surface area is 93.3 Å². The second kappa shape index (κ2) is 3.95. The van der Waals surface area contributed by atoms with E-state index >= 15 is 0 Å². The van der Waals surface area contributed by atoms with Crippen molar-refractivity contribution in [2.24, 2.45) is 0 Å². The second-order valence-corrected chi connectivity index (χ2v) is 4.43. The number of thiazole rings is 1. The topological polar surface area (TPSA) is 73.8 Å². The molecule has 0 N–H and O–H groups in total. The smallest absolute Gasteiger partial charge is 0.260 e. The van der Waals surface area contributed by atoms with E-state index in [-0.39, 0.29) is 5.69 Å². The Balaban J connectivity index is 2.14. The molecule has 0 saturated heterocycles. The molecule has 0 aliphatic heterocycles. The molecule has 0 spiro atoms. The third kappa shape index (κ3) is 2.31. The molecule has 8 heteroatoms. The summed E-state index contributed by atoms with van der Waals surface area (Å²) in [6, 6.07) is 0. The first-order valence-corrected chi connectivity index (χ1v) is 5.11. The predicted octanol–water partition coefficient (Wildman–Crippen LogP) is 1.95. The molecule has 0 atom stereocenters.